The fourth-order valence-electron chi connectivity index (χ4n) is 4.82. The molecule has 46 heavy (non-hydrogen) atoms. The van der Waals surface area contributed by atoms with Gasteiger partial charge in [0.05, 0.1) is 42.5 Å². The lowest BCUT2D eigenvalue weighted by Gasteiger charge is -2.39. The van der Waals surface area contributed by atoms with Gasteiger partial charge in [0.1, 0.15) is 16.4 Å². The molecule has 0 spiro atoms. The smallest absolute Gasteiger partial charge is 0.419 e. The number of fused-ring (bicyclic) bond motifs is 1. The highest BCUT2D eigenvalue weighted by Crippen LogP contribution is 2.41. The van der Waals surface area contributed by atoms with Crippen LogP contribution < -0.4 is 20.3 Å². The van der Waals surface area contributed by atoms with E-state index in [4.69, 9.17) is 9.47 Å². The number of methoxy groups -OCH3 is 2. The molecule has 1 aliphatic rings. The number of carbonyl (C=O) groups is 3. The highest BCUT2D eigenvalue weighted by molar-refractivity contribution is 7.21. The Morgan fingerprint density at radius 3 is 2.22 bits per heavy atom. The molecule has 0 atom stereocenters. The number of thiophene rings is 1. The van der Waals surface area contributed by atoms with E-state index in [1.807, 2.05) is 0 Å². The van der Waals surface area contributed by atoms with Crippen molar-refractivity contribution in [1.29, 1.82) is 0 Å². The van der Waals surface area contributed by atoms with Gasteiger partial charge in [-0.25, -0.2) is 4.39 Å². The van der Waals surface area contributed by atoms with Crippen molar-refractivity contribution in [2.45, 2.75) is 12.4 Å². The number of esters is 1. The Kier molecular flexibility index (Phi) is 8.59. The first-order valence-corrected chi connectivity index (χ1v) is 14.1. The van der Waals surface area contributed by atoms with Crippen molar-refractivity contribution in [3.8, 4) is 5.75 Å². The van der Waals surface area contributed by atoms with Gasteiger partial charge in [-0.3, -0.25) is 14.4 Å². The molecule has 0 radical (unpaired) electrons. The molecule has 0 bridgehead atoms. The van der Waals surface area contributed by atoms with Crippen LogP contribution in [0, 0.1) is 11.7 Å². The van der Waals surface area contributed by atoms with Crippen molar-refractivity contribution < 1.29 is 54.6 Å². The first kappa shape index (κ1) is 32.5. The number of nitrogens with zero attached hydrogens (tertiary/aromatic N) is 1. The number of benzene rings is 3. The number of carbonyl (C=O) groups excluding carboxylic acids is 3. The van der Waals surface area contributed by atoms with E-state index in [0.717, 1.165) is 24.3 Å². The number of halogens is 7. The standard InChI is InChI=1S/C30H22F7N3O5S/c1-44-22-8-5-17(40-12-14(13-40)28(43)45-2)11-19(22)26(41)39-24-18-6-3-15(29(32,33)34)9-23(18)46-25(24)27(42)38-16-4-7-21(31)20(10-16)30(35,36)37/h3-11,14H,12-13H2,1-2H3,(H,38,42)(H,39,41). The molecule has 1 saturated heterocycles. The first-order chi connectivity index (χ1) is 21.6. The second-order valence-corrected chi connectivity index (χ2v) is 11.2. The average molecular weight is 670 g/mol. The molecule has 0 unspecified atom stereocenters. The van der Waals surface area contributed by atoms with Crippen LogP contribution in [0.15, 0.2) is 54.6 Å². The van der Waals surface area contributed by atoms with E-state index in [1.165, 1.54) is 26.4 Å². The lowest BCUT2D eigenvalue weighted by atomic mass is 9.98. The highest BCUT2D eigenvalue weighted by atomic mass is 32.1. The van der Waals surface area contributed by atoms with Crippen LogP contribution in [-0.4, -0.2) is 45.1 Å². The Hall–Kier alpha value is -4.86. The quantitative estimate of drug-likeness (QED) is 0.160. The summed E-state index contributed by atoms with van der Waals surface area (Å²) in [5.74, 6) is -4.10. The fraction of sp³-hybridized carbons (Fsp3) is 0.233. The van der Waals surface area contributed by atoms with E-state index >= 15 is 0 Å². The van der Waals surface area contributed by atoms with E-state index in [2.05, 4.69) is 10.6 Å². The van der Waals surface area contributed by atoms with Crippen LogP contribution in [0.5, 0.6) is 5.75 Å². The lowest BCUT2D eigenvalue weighted by molar-refractivity contribution is -0.146. The summed E-state index contributed by atoms with van der Waals surface area (Å²) in [6, 6.07) is 8.96. The largest absolute Gasteiger partial charge is 0.496 e. The maximum absolute atomic E-state index is 13.8. The molecule has 2 amide bonds. The minimum atomic E-state index is -5.07. The molecular weight excluding hydrogens is 647 g/mol. The summed E-state index contributed by atoms with van der Waals surface area (Å²) in [4.78, 5) is 40.2. The Morgan fingerprint density at radius 2 is 1.59 bits per heavy atom. The van der Waals surface area contributed by atoms with Gasteiger partial charge in [0.25, 0.3) is 11.8 Å². The van der Waals surface area contributed by atoms with Crippen LogP contribution in [0.3, 0.4) is 0 Å². The topological polar surface area (TPSA) is 97.0 Å². The maximum Gasteiger partial charge on any atom is 0.419 e. The number of hydrogen-bond acceptors (Lipinski definition) is 7. The van der Waals surface area contributed by atoms with Crippen LogP contribution in [0.25, 0.3) is 10.1 Å². The van der Waals surface area contributed by atoms with E-state index in [1.54, 1.807) is 11.0 Å². The van der Waals surface area contributed by atoms with E-state index in [0.29, 0.717) is 42.2 Å². The van der Waals surface area contributed by atoms with Gasteiger partial charge in [-0.1, -0.05) is 6.07 Å². The fourth-order valence-corrected chi connectivity index (χ4v) is 5.91. The Balaban J connectivity index is 1.51. The van der Waals surface area contributed by atoms with Gasteiger partial charge in [0.2, 0.25) is 0 Å². The van der Waals surface area contributed by atoms with E-state index in [-0.39, 0.29) is 43.9 Å². The first-order valence-electron chi connectivity index (χ1n) is 13.2. The van der Waals surface area contributed by atoms with Crippen LogP contribution >= 0.6 is 11.3 Å². The number of ether oxygens (including phenoxy) is 2. The second kappa shape index (κ2) is 12.2. The molecule has 2 N–H and O–H groups in total. The van der Waals surface area contributed by atoms with Gasteiger partial charge < -0.3 is 25.0 Å². The Labute approximate surface area is 259 Å². The summed E-state index contributed by atoms with van der Waals surface area (Å²) in [6.07, 6.45) is -9.80. The third-order valence-electron chi connectivity index (χ3n) is 7.20. The van der Waals surface area contributed by atoms with Gasteiger partial charge in [-0.15, -0.1) is 11.3 Å². The van der Waals surface area contributed by atoms with Crippen molar-refractivity contribution in [3.63, 3.8) is 0 Å². The molecule has 2 heterocycles. The zero-order valence-corrected chi connectivity index (χ0v) is 24.5. The van der Waals surface area contributed by atoms with Crippen LogP contribution in [-0.2, 0) is 21.9 Å². The average Bonchev–Trinajstić information content (AvgIpc) is 3.33. The van der Waals surface area contributed by atoms with Crippen molar-refractivity contribution in [1.82, 2.24) is 0 Å². The van der Waals surface area contributed by atoms with Crippen molar-refractivity contribution in [2.75, 3.05) is 42.8 Å². The van der Waals surface area contributed by atoms with Gasteiger partial charge in [0, 0.05) is 34.6 Å². The lowest BCUT2D eigenvalue weighted by Crippen LogP contribution is -2.50. The van der Waals surface area contributed by atoms with Gasteiger partial charge in [-0.2, -0.15) is 26.3 Å². The van der Waals surface area contributed by atoms with Crippen molar-refractivity contribution in [3.05, 3.63) is 82.0 Å². The zero-order chi connectivity index (χ0) is 33.6. The molecule has 5 rings (SSSR count). The van der Waals surface area contributed by atoms with E-state index in [9.17, 15) is 45.1 Å². The van der Waals surface area contributed by atoms with Gasteiger partial charge in [-0.05, 0) is 48.5 Å². The molecule has 0 saturated carbocycles. The Morgan fingerprint density at radius 1 is 0.870 bits per heavy atom. The molecule has 0 aliphatic carbocycles. The third kappa shape index (κ3) is 6.42. The number of alkyl halides is 6. The molecule has 1 aromatic heterocycles. The minimum Gasteiger partial charge on any atom is -0.496 e. The van der Waals surface area contributed by atoms with Crippen molar-refractivity contribution in [2.24, 2.45) is 5.92 Å². The Bertz CT molecular complexity index is 1850. The maximum atomic E-state index is 13.8. The number of hydrogen-bond donors (Lipinski definition) is 2. The molecule has 3 aromatic carbocycles. The molecule has 16 heteroatoms. The minimum absolute atomic E-state index is 0.0208. The normalized spacial score (nSPS) is 13.7. The second-order valence-electron chi connectivity index (χ2n) is 10.1. The van der Waals surface area contributed by atoms with Gasteiger partial charge in [0.15, 0.2) is 0 Å². The molecular formula is C30H22F7N3O5S. The number of rotatable bonds is 7. The van der Waals surface area contributed by atoms with Gasteiger partial charge >= 0.3 is 18.3 Å². The van der Waals surface area contributed by atoms with Crippen LogP contribution in [0.2, 0.25) is 0 Å². The van der Waals surface area contributed by atoms with E-state index < -0.39 is 46.8 Å². The van der Waals surface area contributed by atoms with Crippen molar-refractivity contribution >= 4 is 56.3 Å². The predicted molar refractivity (Wildman–Crippen MR) is 155 cm³/mol. The number of amides is 2. The number of nitrogens with one attached hydrogen (secondary N) is 2. The monoisotopic (exact) mass is 669 g/mol. The summed E-state index contributed by atoms with van der Waals surface area (Å²) >= 11 is 0.561. The molecule has 242 valence electrons. The predicted octanol–water partition coefficient (Wildman–Crippen LogP) is 7.20. The van der Waals surface area contributed by atoms with Crippen LogP contribution in [0.1, 0.15) is 31.2 Å². The summed E-state index contributed by atoms with van der Waals surface area (Å²) in [5, 5.41) is 4.80. The highest BCUT2D eigenvalue weighted by Gasteiger charge is 2.36. The SMILES string of the molecule is COC(=O)C1CN(c2ccc(OC)c(C(=O)Nc3c(C(=O)Nc4ccc(F)c(C(F)(F)F)c4)sc4cc(C(F)(F)F)ccc34)c2)C1. The number of anilines is 3. The summed E-state index contributed by atoms with van der Waals surface area (Å²) < 4.78 is 104. The molecule has 1 aliphatic heterocycles. The summed E-state index contributed by atoms with van der Waals surface area (Å²) in [5.41, 5.74) is -2.81. The van der Waals surface area contributed by atoms with Crippen LogP contribution in [0.4, 0.5) is 47.8 Å². The summed E-state index contributed by atoms with van der Waals surface area (Å²) in [7, 11) is 2.57. The molecule has 1 fully saturated rings. The molecule has 4 aromatic rings. The third-order valence-corrected chi connectivity index (χ3v) is 8.35. The molecule has 8 nitrogen and oxygen atoms in total. The summed E-state index contributed by atoms with van der Waals surface area (Å²) in [6.45, 7) is 0.640. The zero-order valence-electron chi connectivity index (χ0n) is 23.7.